The first-order valence-corrected chi connectivity index (χ1v) is 8.28. The van der Waals surface area contributed by atoms with Gasteiger partial charge in [0.1, 0.15) is 11.1 Å². The number of rotatable bonds is 5. The number of amides is 1. The highest BCUT2D eigenvalue weighted by Gasteiger charge is 2.34. The minimum absolute atomic E-state index is 0.0207. The summed E-state index contributed by atoms with van der Waals surface area (Å²) in [7, 11) is 1.67. The molecule has 2 heterocycles. The van der Waals surface area contributed by atoms with Crippen molar-refractivity contribution in [3.8, 4) is 5.75 Å². The first kappa shape index (κ1) is 14.9. The number of hydrogen-bond donors (Lipinski definition) is 0. The van der Waals surface area contributed by atoms with E-state index in [-0.39, 0.29) is 11.3 Å². The Labute approximate surface area is 134 Å². The molecule has 0 radical (unpaired) electrons. The number of ether oxygens (including phenoxy) is 1. The topological polar surface area (TPSA) is 42.4 Å². The van der Waals surface area contributed by atoms with Crippen LogP contribution in [0, 0.1) is 0 Å². The number of methoxy groups -OCH3 is 1. The van der Waals surface area contributed by atoms with Crippen molar-refractivity contribution in [2.75, 3.05) is 19.4 Å². The number of hydrogen-bond acceptors (Lipinski definition) is 4. The highest BCUT2D eigenvalue weighted by molar-refractivity contribution is 8.00. The van der Waals surface area contributed by atoms with Gasteiger partial charge in [-0.3, -0.25) is 9.78 Å². The fourth-order valence-corrected chi connectivity index (χ4v) is 3.85. The molecule has 114 valence electrons. The number of thioether (sulfide) groups is 1. The fraction of sp³-hybridized carbons (Fsp3) is 0.294. The molecule has 1 fully saturated rings. The number of aromatic nitrogens is 1. The molecule has 4 nitrogen and oxygen atoms in total. The van der Waals surface area contributed by atoms with Crippen LogP contribution in [-0.4, -0.2) is 35.2 Å². The van der Waals surface area contributed by atoms with Crippen molar-refractivity contribution < 1.29 is 9.53 Å². The summed E-state index contributed by atoms with van der Waals surface area (Å²) in [6.45, 7) is 0.672. The average Bonchev–Trinajstić information content (AvgIpc) is 2.94. The van der Waals surface area contributed by atoms with Gasteiger partial charge in [0.15, 0.2) is 0 Å². The molecule has 1 aliphatic heterocycles. The van der Waals surface area contributed by atoms with Crippen molar-refractivity contribution in [3.05, 3.63) is 59.9 Å². The SMILES string of the molecule is COc1ccccc1C1SCC(=O)N1CCc1ccccn1. The summed E-state index contributed by atoms with van der Waals surface area (Å²) in [5.41, 5.74) is 2.06. The number of carbonyl (C=O) groups is 1. The van der Waals surface area contributed by atoms with E-state index in [9.17, 15) is 4.79 Å². The molecule has 5 heteroatoms. The van der Waals surface area contributed by atoms with Crippen molar-refractivity contribution in [2.45, 2.75) is 11.8 Å². The van der Waals surface area contributed by atoms with E-state index in [1.54, 1.807) is 25.1 Å². The fourth-order valence-electron chi connectivity index (χ4n) is 2.60. The summed E-state index contributed by atoms with van der Waals surface area (Å²) in [5, 5.41) is 0.0207. The standard InChI is InChI=1S/C17H18N2O2S/c1-21-15-8-3-2-7-14(15)17-19(16(20)12-22-17)11-9-13-6-4-5-10-18-13/h2-8,10,17H,9,11-12H2,1H3. The second-order valence-electron chi connectivity index (χ2n) is 5.06. The maximum atomic E-state index is 12.2. The van der Waals surface area contributed by atoms with Gasteiger partial charge in [0.05, 0.1) is 12.9 Å². The van der Waals surface area contributed by atoms with Crippen LogP contribution in [0.5, 0.6) is 5.75 Å². The van der Waals surface area contributed by atoms with E-state index < -0.39 is 0 Å². The third-order valence-electron chi connectivity index (χ3n) is 3.71. The monoisotopic (exact) mass is 314 g/mol. The van der Waals surface area contributed by atoms with Crippen molar-refractivity contribution in [1.82, 2.24) is 9.88 Å². The zero-order chi connectivity index (χ0) is 15.4. The van der Waals surface area contributed by atoms with Crippen LogP contribution in [0.1, 0.15) is 16.6 Å². The lowest BCUT2D eigenvalue weighted by molar-refractivity contribution is -0.128. The van der Waals surface area contributed by atoms with Gasteiger partial charge in [-0.05, 0) is 18.2 Å². The molecule has 1 aromatic carbocycles. The largest absolute Gasteiger partial charge is 0.496 e. The van der Waals surface area contributed by atoms with E-state index in [1.165, 1.54) is 0 Å². The summed E-state index contributed by atoms with van der Waals surface area (Å²) in [4.78, 5) is 18.5. The molecule has 1 aromatic heterocycles. The lowest BCUT2D eigenvalue weighted by Gasteiger charge is -2.25. The number of carbonyl (C=O) groups excluding carboxylic acids is 1. The summed E-state index contributed by atoms with van der Waals surface area (Å²) in [6.07, 6.45) is 2.55. The Bertz CT molecular complexity index is 648. The number of benzene rings is 1. The van der Waals surface area contributed by atoms with Crippen LogP contribution in [0.3, 0.4) is 0 Å². The van der Waals surface area contributed by atoms with Gasteiger partial charge < -0.3 is 9.64 Å². The van der Waals surface area contributed by atoms with Gasteiger partial charge in [-0.15, -0.1) is 11.8 Å². The van der Waals surface area contributed by atoms with Crippen LogP contribution in [0.4, 0.5) is 0 Å². The molecule has 0 N–H and O–H groups in total. The molecule has 1 atom stereocenters. The van der Waals surface area contributed by atoms with E-state index in [4.69, 9.17) is 4.74 Å². The van der Waals surface area contributed by atoms with Crippen LogP contribution in [-0.2, 0) is 11.2 Å². The molecular weight excluding hydrogens is 296 g/mol. The first-order valence-electron chi connectivity index (χ1n) is 7.23. The smallest absolute Gasteiger partial charge is 0.233 e. The first-order chi connectivity index (χ1) is 10.8. The molecule has 1 aliphatic rings. The van der Waals surface area contributed by atoms with Crippen molar-refractivity contribution in [2.24, 2.45) is 0 Å². The number of pyridine rings is 1. The van der Waals surface area contributed by atoms with Crippen LogP contribution < -0.4 is 4.74 Å². The number of para-hydroxylation sites is 1. The van der Waals surface area contributed by atoms with Crippen molar-refractivity contribution >= 4 is 17.7 Å². The quantitative estimate of drug-likeness (QED) is 0.851. The molecule has 1 unspecified atom stereocenters. The predicted molar refractivity (Wildman–Crippen MR) is 87.8 cm³/mol. The zero-order valence-corrected chi connectivity index (χ0v) is 13.3. The van der Waals surface area contributed by atoms with Gasteiger partial charge in [0.2, 0.25) is 5.91 Å². The molecule has 2 aromatic rings. The zero-order valence-electron chi connectivity index (χ0n) is 12.4. The van der Waals surface area contributed by atoms with Gasteiger partial charge in [-0.2, -0.15) is 0 Å². The van der Waals surface area contributed by atoms with Gasteiger partial charge in [-0.1, -0.05) is 24.3 Å². The normalized spacial score (nSPS) is 17.8. The third kappa shape index (κ3) is 3.09. The molecular formula is C17H18N2O2S. The lowest BCUT2D eigenvalue weighted by Crippen LogP contribution is -2.30. The van der Waals surface area contributed by atoms with Crippen LogP contribution in [0.2, 0.25) is 0 Å². The molecule has 0 aliphatic carbocycles. The molecule has 3 rings (SSSR count). The molecule has 1 saturated heterocycles. The second kappa shape index (κ2) is 6.83. The number of nitrogens with zero attached hydrogens (tertiary/aromatic N) is 2. The van der Waals surface area contributed by atoms with E-state index in [0.717, 1.165) is 23.4 Å². The van der Waals surface area contributed by atoms with Crippen LogP contribution >= 0.6 is 11.8 Å². The van der Waals surface area contributed by atoms with E-state index in [1.807, 2.05) is 47.4 Å². The maximum absolute atomic E-state index is 12.2. The van der Waals surface area contributed by atoms with Gasteiger partial charge in [0.25, 0.3) is 0 Å². The summed E-state index contributed by atoms with van der Waals surface area (Å²) >= 11 is 1.65. The third-order valence-corrected chi connectivity index (χ3v) is 4.95. The Balaban J connectivity index is 1.77. The van der Waals surface area contributed by atoms with Crippen molar-refractivity contribution in [3.63, 3.8) is 0 Å². The summed E-state index contributed by atoms with van der Waals surface area (Å²) < 4.78 is 5.44. The molecule has 22 heavy (non-hydrogen) atoms. The average molecular weight is 314 g/mol. The molecule has 0 bridgehead atoms. The second-order valence-corrected chi connectivity index (χ2v) is 6.13. The van der Waals surface area contributed by atoms with E-state index in [2.05, 4.69) is 4.98 Å². The molecule has 0 spiro atoms. The summed E-state index contributed by atoms with van der Waals surface area (Å²) in [6, 6.07) is 13.8. The Morgan fingerprint density at radius 3 is 2.86 bits per heavy atom. The summed E-state index contributed by atoms with van der Waals surface area (Å²) in [5.74, 6) is 1.53. The van der Waals surface area contributed by atoms with E-state index >= 15 is 0 Å². The van der Waals surface area contributed by atoms with E-state index in [0.29, 0.717) is 12.3 Å². The maximum Gasteiger partial charge on any atom is 0.233 e. The van der Waals surface area contributed by atoms with Gasteiger partial charge in [0, 0.05) is 30.4 Å². The Morgan fingerprint density at radius 2 is 2.09 bits per heavy atom. The highest BCUT2D eigenvalue weighted by Crippen LogP contribution is 2.42. The minimum atomic E-state index is 0.0207. The Morgan fingerprint density at radius 1 is 1.27 bits per heavy atom. The predicted octanol–water partition coefficient (Wildman–Crippen LogP) is 2.91. The van der Waals surface area contributed by atoms with Crippen LogP contribution in [0.15, 0.2) is 48.7 Å². The van der Waals surface area contributed by atoms with Crippen LogP contribution in [0.25, 0.3) is 0 Å². The van der Waals surface area contributed by atoms with Crippen molar-refractivity contribution in [1.29, 1.82) is 0 Å². The lowest BCUT2D eigenvalue weighted by atomic mass is 10.1. The minimum Gasteiger partial charge on any atom is -0.496 e. The van der Waals surface area contributed by atoms with Gasteiger partial charge >= 0.3 is 0 Å². The molecule has 1 amide bonds. The van der Waals surface area contributed by atoms with Gasteiger partial charge in [-0.25, -0.2) is 0 Å². The highest BCUT2D eigenvalue weighted by atomic mass is 32.2. The molecule has 0 saturated carbocycles. The Kier molecular flexibility index (Phi) is 4.63. The Hall–Kier alpha value is -2.01.